The van der Waals surface area contributed by atoms with Crippen LogP contribution in [-0.4, -0.2) is 14.8 Å². The molecule has 3 aromatic rings. The number of nitrogens with zero attached hydrogens (tertiary/aromatic N) is 4. The lowest BCUT2D eigenvalue weighted by molar-refractivity contribution is 0.793. The third kappa shape index (κ3) is 2.34. The summed E-state index contributed by atoms with van der Waals surface area (Å²) in [5.74, 6) is 0. The quantitative estimate of drug-likeness (QED) is 0.677. The Bertz CT molecular complexity index is 873. The molecule has 2 aromatic heterocycles. The number of thiazole rings is 1. The second-order valence-corrected chi connectivity index (χ2v) is 6.06. The van der Waals surface area contributed by atoms with Gasteiger partial charge in [-0.15, -0.1) is 11.3 Å². The first-order valence-electron chi connectivity index (χ1n) is 6.58. The van der Waals surface area contributed by atoms with Crippen LogP contribution in [0.3, 0.4) is 0 Å². The molecule has 0 bridgehead atoms. The Morgan fingerprint density at radius 2 is 2.10 bits per heavy atom. The normalized spacial score (nSPS) is 11.8. The van der Waals surface area contributed by atoms with Crippen LogP contribution in [0, 0.1) is 25.2 Å². The second kappa shape index (κ2) is 5.15. The van der Waals surface area contributed by atoms with Crippen molar-refractivity contribution in [1.82, 2.24) is 14.8 Å². The molecular formula is C16H14N4S. The van der Waals surface area contributed by atoms with E-state index in [0.29, 0.717) is 5.57 Å². The molecular weight excluding hydrogens is 280 g/mol. The summed E-state index contributed by atoms with van der Waals surface area (Å²) in [5.41, 5.74) is 3.38. The molecule has 3 rings (SSSR count). The number of nitriles is 1. The zero-order chi connectivity index (χ0) is 15.0. The number of aryl methyl sites for hydroxylation is 3. The summed E-state index contributed by atoms with van der Waals surface area (Å²) in [5, 5.41) is 15.7. The van der Waals surface area contributed by atoms with E-state index < -0.39 is 0 Å². The number of aromatic nitrogens is 3. The maximum atomic E-state index is 9.43. The van der Waals surface area contributed by atoms with Crippen LogP contribution in [-0.2, 0) is 7.05 Å². The molecule has 0 atom stereocenters. The number of benzene rings is 1. The molecule has 0 amide bonds. The number of para-hydroxylation sites is 1. The lowest BCUT2D eigenvalue weighted by Crippen LogP contribution is -1.89. The molecule has 0 fully saturated rings. The second-order valence-electron chi connectivity index (χ2n) is 4.86. The van der Waals surface area contributed by atoms with E-state index in [2.05, 4.69) is 16.2 Å². The number of fused-ring (bicyclic) bond motifs is 1. The van der Waals surface area contributed by atoms with Crippen LogP contribution in [0.5, 0.6) is 0 Å². The SMILES string of the molecule is Cc1nc(/C(C#N)=C/c2nn(C)c3ccccc23)sc1C. The van der Waals surface area contributed by atoms with Gasteiger partial charge in [-0.05, 0) is 26.0 Å². The molecule has 0 aliphatic rings. The first-order chi connectivity index (χ1) is 10.1. The average Bonchev–Trinajstić information content (AvgIpc) is 2.98. The minimum Gasteiger partial charge on any atom is -0.267 e. The van der Waals surface area contributed by atoms with Gasteiger partial charge in [-0.1, -0.05) is 18.2 Å². The van der Waals surface area contributed by atoms with E-state index in [4.69, 9.17) is 0 Å². The van der Waals surface area contributed by atoms with Crippen molar-refractivity contribution in [1.29, 1.82) is 5.26 Å². The summed E-state index contributed by atoms with van der Waals surface area (Å²) in [4.78, 5) is 5.59. The van der Waals surface area contributed by atoms with Crippen molar-refractivity contribution >= 4 is 33.9 Å². The topological polar surface area (TPSA) is 54.5 Å². The van der Waals surface area contributed by atoms with Crippen molar-refractivity contribution in [3.63, 3.8) is 0 Å². The van der Waals surface area contributed by atoms with E-state index in [-0.39, 0.29) is 0 Å². The molecule has 1 aromatic carbocycles. The van der Waals surface area contributed by atoms with Gasteiger partial charge in [0.05, 0.1) is 22.5 Å². The van der Waals surface area contributed by atoms with E-state index in [1.165, 1.54) is 0 Å². The Morgan fingerprint density at radius 1 is 1.33 bits per heavy atom. The third-order valence-electron chi connectivity index (χ3n) is 3.45. The van der Waals surface area contributed by atoms with Crippen molar-refractivity contribution in [2.24, 2.45) is 7.05 Å². The average molecular weight is 294 g/mol. The maximum absolute atomic E-state index is 9.43. The van der Waals surface area contributed by atoms with Gasteiger partial charge in [0.25, 0.3) is 0 Å². The van der Waals surface area contributed by atoms with Gasteiger partial charge in [0.15, 0.2) is 0 Å². The van der Waals surface area contributed by atoms with E-state index in [1.807, 2.05) is 55.9 Å². The predicted octanol–water partition coefficient (Wildman–Crippen LogP) is 3.71. The van der Waals surface area contributed by atoms with Gasteiger partial charge < -0.3 is 0 Å². The van der Waals surface area contributed by atoms with Crippen LogP contribution in [0.15, 0.2) is 24.3 Å². The highest BCUT2D eigenvalue weighted by Crippen LogP contribution is 2.27. The molecule has 0 aliphatic carbocycles. The third-order valence-corrected chi connectivity index (χ3v) is 4.55. The summed E-state index contributed by atoms with van der Waals surface area (Å²) in [6.07, 6.45) is 1.82. The van der Waals surface area contributed by atoms with Gasteiger partial charge in [0.1, 0.15) is 11.1 Å². The molecule has 0 saturated carbocycles. The van der Waals surface area contributed by atoms with Gasteiger partial charge in [-0.2, -0.15) is 10.4 Å². The highest BCUT2D eigenvalue weighted by Gasteiger charge is 2.12. The Balaban J connectivity index is 2.16. The van der Waals surface area contributed by atoms with Crippen LogP contribution in [0.4, 0.5) is 0 Å². The van der Waals surface area contributed by atoms with Crippen LogP contribution in [0.2, 0.25) is 0 Å². The van der Waals surface area contributed by atoms with Crippen molar-refractivity contribution in [2.45, 2.75) is 13.8 Å². The Labute approximate surface area is 127 Å². The highest BCUT2D eigenvalue weighted by atomic mass is 32.1. The predicted molar refractivity (Wildman–Crippen MR) is 85.8 cm³/mol. The molecule has 5 heteroatoms. The van der Waals surface area contributed by atoms with Gasteiger partial charge >= 0.3 is 0 Å². The largest absolute Gasteiger partial charge is 0.267 e. The standard InChI is InChI=1S/C16H14N4S/c1-10-11(2)21-16(18-10)12(9-17)8-14-13-6-4-5-7-15(13)20(3)19-14/h4-8H,1-3H3/b12-8+. The number of allylic oxidation sites excluding steroid dienone is 1. The number of rotatable bonds is 2. The number of hydrogen-bond donors (Lipinski definition) is 0. The van der Waals surface area contributed by atoms with Crippen LogP contribution >= 0.6 is 11.3 Å². The van der Waals surface area contributed by atoms with Crippen molar-refractivity contribution in [3.05, 3.63) is 45.5 Å². The van der Waals surface area contributed by atoms with E-state index >= 15 is 0 Å². The van der Waals surface area contributed by atoms with Gasteiger partial charge in [0, 0.05) is 17.3 Å². The van der Waals surface area contributed by atoms with Crippen LogP contribution in [0.25, 0.3) is 22.6 Å². The number of hydrogen-bond acceptors (Lipinski definition) is 4. The van der Waals surface area contributed by atoms with E-state index in [1.54, 1.807) is 11.3 Å². The molecule has 104 valence electrons. The summed E-state index contributed by atoms with van der Waals surface area (Å²) >= 11 is 1.54. The minimum absolute atomic E-state index is 0.556. The first kappa shape index (κ1) is 13.5. The van der Waals surface area contributed by atoms with Crippen LogP contribution < -0.4 is 0 Å². The van der Waals surface area contributed by atoms with E-state index in [0.717, 1.165) is 32.2 Å². The molecule has 0 radical (unpaired) electrons. The Morgan fingerprint density at radius 3 is 2.76 bits per heavy atom. The zero-order valence-electron chi connectivity index (χ0n) is 12.1. The van der Waals surface area contributed by atoms with E-state index in [9.17, 15) is 5.26 Å². The summed E-state index contributed by atoms with van der Waals surface area (Å²) in [7, 11) is 1.91. The Kier molecular flexibility index (Phi) is 3.32. The first-order valence-corrected chi connectivity index (χ1v) is 7.39. The zero-order valence-corrected chi connectivity index (χ0v) is 12.9. The van der Waals surface area contributed by atoms with Crippen LogP contribution in [0.1, 0.15) is 21.3 Å². The Hall–Kier alpha value is -2.45. The fourth-order valence-electron chi connectivity index (χ4n) is 2.21. The van der Waals surface area contributed by atoms with Gasteiger partial charge in [0.2, 0.25) is 0 Å². The maximum Gasteiger partial charge on any atom is 0.134 e. The van der Waals surface area contributed by atoms with Gasteiger partial charge in [-0.3, -0.25) is 4.68 Å². The minimum atomic E-state index is 0.556. The fourth-order valence-corrected chi connectivity index (χ4v) is 3.10. The molecule has 0 saturated heterocycles. The van der Waals surface area contributed by atoms with Crippen molar-refractivity contribution in [3.8, 4) is 6.07 Å². The highest BCUT2D eigenvalue weighted by molar-refractivity contribution is 7.12. The molecule has 0 N–H and O–H groups in total. The van der Waals surface area contributed by atoms with Crippen molar-refractivity contribution in [2.75, 3.05) is 0 Å². The van der Waals surface area contributed by atoms with Crippen molar-refractivity contribution < 1.29 is 0 Å². The lowest BCUT2D eigenvalue weighted by Gasteiger charge is -1.92. The molecule has 4 nitrogen and oxygen atoms in total. The molecule has 2 heterocycles. The smallest absolute Gasteiger partial charge is 0.134 e. The lowest BCUT2D eigenvalue weighted by atomic mass is 10.1. The van der Waals surface area contributed by atoms with Gasteiger partial charge in [-0.25, -0.2) is 4.98 Å². The summed E-state index contributed by atoms with van der Waals surface area (Å²) in [6.45, 7) is 3.97. The summed E-state index contributed by atoms with van der Waals surface area (Å²) < 4.78 is 1.83. The summed E-state index contributed by atoms with van der Waals surface area (Å²) in [6, 6.07) is 10.2. The fraction of sp³-hybridized carbons (Fsp3) is 0.188. The molecule has 0 aliphatic heterocycles. The molecule has 0 unspecified atom stereocenters. The molecule has 21 heavy (non-hydrogen) atoms. The molecule has 0 spiro atoms. The monoisotopic (exact) mass is 294 g/mol.